The van der Waals surface area contributed by atoms with E-state index in [0.717, 1.165) is 18.0 Å². The molecule has 2 aromatic heterocycles. The van der Waals surface area contributed by atoms with Crippen LogP contribution >= 0.6 is 11.3 Å². The Labute approximate surface area is 122 Å². The van der Waals surface area contributed by atoms with Crippen LogP contribution in [-0.2, 0) is 0 Å². The molecule has 20 heavy (non-hydrogen) atoms. The minimum atomic E-state index is -0.0634. The van der Waals surface area contributed by atoms with Gasteiger partial charge in [-0.05, 0) is 18.9 Å². The van der Waals surface area contributed by atoms with Crippen LogP contribution in [0.3, 0.4) is 0 Å². The summed E-state index contributed by atoms with van der Waals surface area (Å²) in [5.41, 5.74) is 0.491. The van der Waals surface area contributed by atoms with Crippen molar-refractivity contribution in [2.45, 2.75) is 44.6 Å². The van der Waals surface area contributed by atoms with E-state index < -0.39 is 0 Å². The Balaban J connectivity index is 1.65. The van der Waals surface area contributed by atoms with Crippen LogP contribution in [0.1, 0.15) is 49.0 Å². The van der Waals surface area contributed by atoms with Gasteiger partial charge in [0.05, 0.1) is 0 Å². The summed E-state index contributed by atoms with van der Waals surface area (Å²) in [5, 5.41) is 9.75. The van der Waals surface area contributed by atoms with E-state index in [1.807, 2.05) is 12.3 Å². The van der Waals surface area contributed by atoms with Gasteiger partial charge in [0.25, 0.3) is 5.91 Å². The maximum Gasteiger partial charge on any atom is 0.271 e. The lowest BCUT2D eigenvalue weighted by Gasteiger charge is -2.15. The molecule has 0 aliphatic heterocycles. The molecule has 1 saturated carbocycles. The van der Waals surface area contributed by atoms with Gasteiger partial charge >= 0.3 is 0 Å². The molecule has 2 heterocycles. The van der Waals surface area contributed by atoms with Gasteiger partial charge in [0.2, 0.25) is 5.13 Å². The number of nitrogens with zero attached hydrogens (tertiary/aromatic N) is 3. The van der Waals surface area contributed by atoms with Gasteiger partial charge in [-0.3, -0.25) is 4.79 Å². The second-order valence-corrected chi connectivity index (χ2v) is 5.96. The summed E-state index contributed by atoms with van der Waals surface area (Å²) in [6.07, 6.45) is 10.7. The van der Waals surface area contributed by atoms with Gasteiger partial charge in [-0.15, -0.1) is 11.3 Å². The number of nitrogens with one attached hydrogen (secondary N) is 1. The fraction of sp³-hybridized carbons (Fsp3) is 0.500. The highest BCUT2D eigenvalue weighted by Gasteiger charge is 2.18. The van der Waals surface area contributed by atoms with Crippen molar-refractivity contribution >= 4 is 17.2 Å². The minimum Gasteiger partial charge on any atom is -0.348 e. The molecule has 6 heteroatoms. The quantitative estimate of drug-likeness (QED) is 0.884. The molecular weight excluding hydrogens is 272 g/mol. The van der Waals surface area contributed by atoms with Crippen molar-refractivity contribution in [1.29, 1.82) is 0 Å². The summed E-state index contributed by atoms with van der Waals surface area (Å²) in [6, 6.07) is 2.15. The molecule has 0 saturated heterocycles. The van der Waals surface area contributed by atoms with E-state index in [2.05, 4.69) is 15.4 Å². The molecule has 3 rings (SSSR count). The molecule has 1 N–H and O–H groups in total. The van der Waals surface area contributed by atoms with Gasteiger partial charge in [-0.1, -0.05) is 25.7 Å². The predicted octanol–water partition coefficient (Wildman–Crippen LogP) is 2.78. The predicted molar refractivity (Wildman–Crippen MR) is 78.2 cm³/mol. The van der Waals surface area contributed by atoms with Crippen molar-refractivity contribution in [3.63, 3.8) is 0 Å². The molecule has 0 aromatic carbocycles. The molecule has 1 amide bonds. The van der Waals surface area contributed by atoms with E-state index in [1.54, 1.807) is 16.3 Å². The maximum absolute atomic E-state index is 12.2. The fourth-order valence-electron chi connectivity index (χ4n) is 2.54. The highest BCUT2D eigenvalue weighted by molar-refractivity contribution is 7.12. The lowest BCUT2D eigenvalue weighted by molar-refractivity contribution is 0.0929. The molecule has 0 atom stereocenters. The van der Waals surface area contributed by atoms with Crippen molar-refractivity contribution < 1.29 is 4.79 Å². The van der Waals surface area contributed by atoms with Crippen molar-refractivity contribution in [2.75, 3.05) is 0 Å². The Morgan fingerprint density at radius 1 is 1.30 bits per heavy atom. The monoisotopic (exact) mass is 290 g/mol. The number of rotatable bonds is 3. The van der Waals surface area contributed by atoms with Crippen LogP contribution in [0.4, 0.5) is 0 Å². The molecule has 1 aliphatic rings. The summed E-state index contributed by atoms with van der Waals surface area (Å²) < 4.78 is 1.67. The van der Waals surface area contributed by atoms with E-state index in [1.165, 1.54) is 37.0 Å². The molecule has 1 fully saturated rings. The third kappa shape index (κ3) is 3.07. The third-order valence-corrected chi connectivity index (χ3v) is 4.45. The number of hydrogen-bond donors (Lipinski definition) is 1. The van der Waals surface area contributed by atoms with Gasteiger partial charge in [-0.25, -0.2) is 9.67 Å². The SMILES string of the molecule is O=C(NC1CCCCCC1)c1csc(-n2cccn2)n1. The lowest BCUT2D eigenvalue weighted by atomic mass is 10.1. The first-order valence-electron chi connectivity index (χ1n) is 7.09. The summed E-state index contributed by atoms with van der Waals surface area (Å²) in [5.74, 6) is -0.0634. The van der Waals surface area contributed by atoms with Crippen LogP contribution in [-0.4, -0.2) is 26.7 Å². The first-order chi connectivity index (χ1) is 9.83. The van der Waals surface area contributed by atoms with Gasteiger partial charge in [0.1, 0.15) is 5.69 Å². The number of carbonyl (C=O) groups is 1. The van der Waals surface area contributed by atoms with Crippen molar-refractivity contribution in [3.05, 3.63) is 29.5 Å². The Hall–Kier alpha value is -1.69. The second kappa shape index (κ2) is 6.17. The van der Waals surface area contributed by atoms with Crippen LogP contribution in [0.25, 0.3) is 5.13 Å². The number of aromatic nitrogens is 3. The number of carbonyl (C=O) groups excluding carboxylic acids is 1. The number of hydrogen-bond acceptors (Lipinski definition) is 4. The first-order valence-corrected chi connectivity index (χ1v) is 7.97. The van der Waals surface area contributed by atoms with Gasteiger partial charge in [0, 0.05) is 23.8 Å². The molecule has 5 nitrogen and oxygen atoms in total. The third-order valence-electron chi connectivity index (χ3n) is 3.62. The Bertz CT molecular complexity index is 556. The van der Waals surface area contributed by atoms with E-state index in [9.17, 15) is 4.79 Å². The number of amides is 1. The fourth-order valence-corrected chi connectivity index (χ4v) is 3.28. The average Bonchev–Trinajstić information content (AvgIpc) is 3.07. The topological polar surface area (TPSA) is 59.8 Å². The van der Waals surface area contributed by atoms with Gasteiger partial charge in [-0.2, -0.15) is 5.10 Å². The van der Waals surface area contributed by atoms with Crippen LogP contribution in [0.5, 0.6) is 0 Å². The van der Waals surface area contributed by atoms with Gasteiger partial charge < -0.3 is 5.32 Å². The minimum absolute atomic E-state index is 0.0634. The van der Waals surface area contributed by atoms with E-state index >= 15 is 0 Å². The Morgan fingerprint density at radius 2 is 2.10 bits per heavy atom. The summed E-state index contributed by atoms with van der Waals surface area (Å²) in [4.78, 5) is 16.6. The highest BCUT2D eigenvalue weighted by atomic mass is 32.1. The molecule has 0 unspecified atom stereocenters. The zero-order chi connectivity index (χ0) is 13.8. The number of thiazole rings is 1. The largest absolute Gasteiger partial charge is 0.348 e. The lowest BCUT2D eigenvalue weighted by Crippen LogP contribution is -2.34. The van der Waals surface area contributed by atoms with E-state index in [0.29, 0.717) is 11.7 Å². The van der Waals surface area contributed by atoms with Crippen molar-refractivity contribution in [3.8, 4) is 5.13 Å². The van der Waals surface area contributed by atoms with Crippen molar-refractivity contribution in [2.24, 2.45) is 0 Å². The molecule has 0 bridgehead atoms. The molecule has 106 valence electrons. The second-order valence-electron chi connectivity index (χ2n) is 5.13. The van der Waals surface area contributed by atoms with E-state index in [-0.39, 0.29) is 5.91 Å². The normalized spacial score (nSPS) is 16.8. The molecular formula is C14H18N4OS. The molecule has 0 radical (unpaired) electrons. The van der Waals surface area contributed by atoms with Crippen LogP contribution < -0.4 is 5.32 Å². The summed E-state index contributed by atoms with van der Waals surface area (Å²) in [7, 11) is 0. The Kier molecular flexibility index (Phi) is 4.11. The molecule has 2 aromatic rings. The molecule has 0 spiro atoms. The molecule has 1 aliphatic carbocycles. The maximum atomic E-state index is 12.2. The van der Waals surface area contributed by atoms with Crippen molar-refractivity contribution in [1.82, 2.24) is 20.1 Å². The zero-order valence-corrected chi connectivity index (χ0v) is 12.1. The summed E-state index contributed by atoms with van der Waals surface area (Å²) in [6.45, 7) is 0. The first kappa shape index (κ1) is 13.3. The average molecular weight is 290 g/mol. The van der Waals surface area contributed by atoms with Gasteiger partial charge in [0.15, 0.2) is 0 Å². The summed E-state index contributed by atoms with van der Waals surface area (Å²) >= 11 is 1.43. The van der Waals surface area contributed by atoms with E-state index in [4.69, 9.17) is 0 Å². The van der Waals surface area contributed by atoms with Crippen LogP contribution in [0.15, 0.2) is 23.8 Å². The smallest absolute Gasteiger partial charge is 0.271 e. The zero-order valence-electron chi connectivity index (χ0n) is 11.3. The Morgan fingerprint density at radius 3 is 2.80 bits per heavy atom. The highest BCUT2D eigenvalue weighted by Crippen LogP contribution is 2.18. The van der Waals surface area contributed by atoms with Crippen LogP contribution in [0, 0.1) is 0 Å². The van der Waals surface area contributed by atoms with Crippen LogP contribution in [0.2, 0.25) is 0 Å². The standard InChI is InChI=1S/C14H18N4OS/c19-13(16-11-6-3-1-2-4-7-11)12-10-20-14(17-12)18-9-5-8-15-18/h5,8-11H,1-4,6-7H2,(H,16,19).